The summed E-state index contributed by atoms with van der Waals surface area (Å²) in [5.41, 5.74) is 0. The van der Waals surface area contributed by atoms with Crippen molar-refractivity contribution in [1.29, 1.82) is 0 Å². The molecule has 0 fully saturated rings. The Balaban J connectivity index is 2.11. The van der Waals surface area contributed by atoms with Gasteiger partial charge in [0.2, 0.25) is 0 Å². The molecule has 2 atom stereocenters. The van der Waals surface area contributed by atoms with Gasteiger partial charge in [0, 0.05) is 0 Å². The molecule has 0 aliphatic carbocycles. The van der Waals surface area contributed by atoms with Gasteiger partial charge >= 0.3 is 0 Å². The van der Waals surface area contributed by atoms with Crippen LogP contribution < -0.4 is 4.57 Å². The van der Waals surface area contributed by atoms with Gasteiger partial charge in [0.25, 0.3) is 5.82 Å². The van der Waals surface area contributed by atoms with Gasteiger partial charge in [-0.1, -0.05) is 130 Å². The quantitative estimate of drug-likeness (QED) is 0.139. The van der Waals surface area contributed by atoms with Gasteiger partial charge in [-0.25, -0.2) is 9.55 Å². The Labute approximate surface area is 196 Å². The van der Waals surface area contributed by atoms with Crippen LogP contribution in [0.15, 0.2) is 12.4 Å². The molecule has 1 aromatic heterocycles. The van der Waals surface area contributed by atoms with E-state index in [0.717, 1.165) is 0 Å². The van der Waals surface area contributed by atoms with E-state index >= 15 is 0 Å². The van der Waals surface area contributed by atoms with Crippen LogP contribution in [0.25, 0.3) is 0 Å². The molecule has 1 aromatic rings. The molecule has 2 heteroatoms. The smallest absolute Gasteiger partial charge is 0.247 e. The second-order valence-corrected chi connectivity index (χ2v) is 10.2. The maximum absolute atomic E-state index is 3.56. The third-order valence-corrected chi connectivity index (χ3v) is 7.15. The highest BCUT2D eigenvalue weighted by molar-refractivity contribution is 4.87. The summed E-state index contributed by atoms with van der Waals surface area (Å²) in [6.07, 6.45) is 32.6. The van der Waals surface area contributed by atoms with E-state index in [4.69, 9.17) is 0 Å². The van der Waals surface area contributed by atoms with Crippen molar-refractivity contribution >= 4 is 0 Å². The number of aromatic nitrogens is 2. The first kappa shape index (κ1) is 28.2. The van der Waals surface area contributed by atoms with Crippen LogP contribution in [-0.2, 0) is 0 Å². The van der Waals surface area contributed by atoms with E-state index in [1.54, 1.807) is 0 Å². The monoisotopic (exact) mass is 433 g/mol. The summed E-state index contributed by atoms with van der Waals surface area (Å²) >= 11 is 0. The van der Waals surface area contributed by atoms with Crippen LogP contribution in [0.1, 0.15) is 174 Å². The molecule has 0 saturated heterocycles. The number of nitrogens with zero attached hydrogens (tertiary/aromatic N) is 1. The average Bonchev–Trinajstić information content (AvgIpc) is 3.27. The van der Waals surface area contributed by atoms with Crippen molar-refractivity contribution in [3.8, 4) is 0 Å². The summed E-state index contributed by atoms with van der Waals surface area (Å²) in [4.78, 5) is 3.56. The molecule has 0 spiro atoms. The first-order chi connectivity index (χ1) is 15.2. The molecule has 31 heavy (non-hydrogen) atoms. The van der Waals surface area contributed by atoms with Crippen molar-refractivity contribution < 1.29 is 4.57 Å². The Morgan fingerprint density at radius 1 is 0.613 bits per heavy atom. The number of hydrogen-bond acceptors (Lipinski definition) is 0. The fourth-order valence-electron chi connectivity index (χ4n) is 4.93. The molecule has 0 amide bonds. The third-order valence-electron chi connectivity index (χ3n) is 7.15. The van der Waals surface area contributed by atoms with Crippen molar-refractivity contribution in [1.82, 2.24) is 4.98 Å². The van der Waals surface area contributed by atoms with Gasteiger partial charge in [-0.05, 0) is 26.2 Å². The van der Waals surface area contributed by atoms with E-state index in [1.807, 2.05) is 0 Å². The normalized spacial score (nSPS) is 13.5. The van der Waals surface area contributed by atoms with E-state index in [-0.39, 0.29) is 0 Å². The summed E-state index contributed by atoms with van der Waals surface area (Å²) < 4.78 is 2.53. The average molecular weight is 434 g/mol. The van der Waals surface area contributed by atoms with E-state index in [2.05, 4.69) is 49.6 Å². The van der Waals surface area contributed by atoms with Gasteiger partial charge in [-0.2, -0.15) is 0 Å². The highest BCUT2D eigenvalue weighted by atomic mass is 15.1. The molecular formula is C29H57N2+. The fraction of sp³-hybridized carbons (Fsp3) is 0.897. The second-order valence-electron chi connectivity index (χ2n) is 10.2. The highest BCUT2D eigenvalue weighted by Gasteiger charge is 2.22. The Bertz CT molecular complexity index is 493. The first-order valence-electron chi connectivity index (χ1n) is 14.3. The minimum absolute atomic E-state index is 0.622. The number of rotatable bonds is 22. The molecule has 0 aromatic carbocycles. The molecule has 1 rings (SSSR count). The van der Waals surface area contributed by atoms with E-state index in [9.17, 15) is 0 Å². The molecule has 0 bridgehead atoms. The number of unbranched alkanes of at least 4 members (excludes halogenated alkanes) is 16. The lowest BCUT2D eigenvalue weighted by Gasteiger charge is -2.14. The zero-order chi connectivity index (χ0) is 22.6. The summed E-state index contributed by atoms with van der Waals surface area (Å²) in [7, 11) is 0. The van der Waals surface area contributed by atoms with Crippen molar-refractivity contribution in [2.24, 2.45) is 0 Å². The molecule has 1 N–H and O–H groups in total. The summed E-state index contributed by atoms with van der Waals surface area (Å²) in [6.45, 7) is 9.42. The zero-order valence-electron chi connectivity index (χ0n) is 21.9. The van der Waals surface area contributed by atoms with Gasteiger partial charge in [-0.3, -0.25) is 0 Å². The van der Waals surface area contributed by atoms with Crippen LogP contribution in [0, 0.1) is 0 Å². The number of H-pyrrole nitrogens is 1. The lowest BCUT2D eigenvalue weighted by Crippen LogP contribution is -2.40. The first-order valence-corrected chi connectivity index (χ1v) is 14.3. The predicted molar refractivity (Wildman–Crippen MR) is 138 cm³/mol. The van der Waals surface area contributed by atoms with Gasteiger partial charge in [0.15, 0.2) is 0 Å². The minimum Gasteiger partial charge on any atom is -0.247 e. The van der Waals surface area contributed by atoms with Crippen LogP contribution in [0.2, 0.25) is 0 Å². The molecule has 2 nitrogen and oxygen atoms in total. The van der Waals surface area contributed by atoms with Crippen LogP contribution in [0.4, 0.5) is 0 Å². The number of imidazole rings is 1. The van der Waals surface area contributed by atoms with Crippen LogP contribution in [0.5, 0.6) is 0 Å². The van der Waals surface area contributed by atoms with E-state index in [0.29, 0.717) is 12.0 Å². The van der Waals surface area contributed by atoms with Gasteiger partial charge in [-0.15, -0.1) is 0 Å². The molecule has 0 radical (unpaired) electrons. The fourth-order valence-corrected chi connectivity index (χ4v) is 4.93. The molecule has 1 heterocycles. The second kappa shape index (κ2) is 19.9. The minimum atomic E-state index is 0.622. The maximum atomic E-state index is 3.56. The number of nitrogens with one attached hydrogen (secondary N) is 1. The summed E-state index contributed by atoms with van der Waals surface area (Å²) in [6, 6.07) is 0.622. The van der Waals surface area contributed by atoms with Crippen LogP contribution >= 0.6 is 0 Å². The third kappa shape index (κ3) is 14.1. The Kier molecular flexibility index (Phi) is 18.1. The Hall–Kier alpha value is -0.790. The van der Waals surface area contributed by atoms with Crippen molar-refractivity contribution in [2.75, 3.05) is 0 Å². The van der Waals surface area contributed by atoms with Gasteiger partial charge in [0.1, 0.15) is 12.4 Å². The van der Waals surface area contributed by atoms with Crippen molar-refractivity contribution in [3.63, 3.8) is 0 Å². The van der Waals surface area contributed by atoms with Gasteiger partial charge in [0.05, 0.1) is 12.0 Å². The van der Waals surface area contributed by atoms with Crippen molar-refractivity contribution in [2.45, 2.75) is 168 Å². The zero-order valence-corrected chi connectivity index (χ0v) is 21.9. The maximum Gasteiger partial charge on any atom is 0.257 e. The SMILES string of the molecule is CCCCCCCCCCCCCC(C)[n+]1cc[nH]c1C(C)CCCCCCCCC. The molecule has 0 aliphatic rings. The largest absolute Gasteiger partial charge is 0.257 e. The molecule has 0 saturated carbocycles. The molecule has 2 unspecified atom stereocenters. The highest BCUT2D eigenvalue weighted by Crippen LogP contribution is 2.21. The summed E-state index contributed by atoms with van der Waals surface area (Å²) in [5.74, 6) is 2.09. The standard InChI is InChI=1S/C29H56N2/c1-5-7-9-11-13-14-15-16-18-20-22-24-28(4)31-26-25-30-29(31)27(3)23-21-19-17-12-10-8-6-2/h25-28H,5-24H2,1-4H3/p+1. The van der Waals surface area contributed by atoms with E-state index < -0.39 is 0 Å². The lowest BCUT2D eigenvalue weighted by molar-refractivity contribution is -0.727. The topological polar surface area (TPSA) is 19.7 Å². The summed E-state index contributed by atoms with van der Waals surface area (Å²) in [5, 5.41) is 0. The van der Waals surface area contributed by atoms with Gasteiger partial charge < -0.3 is 0 Å². The Morgan fingerprint density at radius 2 is 1.03 bits per heavy atom. The molecular weight excluding hydrogens is 376 g/mol. The number of aromatic amines is 1. The lowest BCUT2D eigenvalue weighted by atomic mass is 10.00. The molecule has 182 valence electrons. The predicted octanol–water partition coefficient (Wildman–Crippen LogP) is 9.81. The Morgan fingerprint density at radius 3 is 1.52 bits per heavy atom. The van der Waals surface area contributed by atoms with Crippen LogP contribution in [0.3, 0.4) is 0 Å². The van der Waals surface area contributed by atoms with Crippen LogP contribution in [-0.4, -0.2) is 4.98 Å². The van der Waals surface area contributed by atoms with Crippen molar-refractivity contribution in [3.05, 3.63) is 18.2 Å². The number of hydrogen-bond donors (Lipinski definition) is 1. The van der Waals surface area contributed by atoms with E-state index in [1.165, 1.54) is 134 Å². The molecule has 0 aliphatic heterocycles.